The van der Waals surface area contributed by atoms with Crippen LogP contribution in [0.4, 0.5) is 22.7 Å². The van der Waals surface area contributed by atoms with Crippen molar-refractivity contribution in [2.24, 2.45) is 0 Å². The van der Waals surface area contributed by atoms with Crippen LogP contribution in [0.2, 0.25) is 0 Å². The molecule has 0 aromatic heterocycles. The average Bonchev–Trinajstić information content (AvgIpc) is 3.38. The molecule has 356 valence electrons. The van der Waals surface area contributed by atoms with Gasteiger partial charge in [-0.2, -0.15) is 0 Å². The third-order valence-electron chi connectivity index (χ3n) is 11.5. The molecule has 0 radical (unpaired) electrons. The van der Waals surface area contributed by atoms with Crippen LogP contribution in [0.3, 0.4) is 0 Å². The van der Waals surface area contributed by atoms with Crippen LogP contribution in [-0.4, -0.2) is 0 Å². The molecular weight excluding hydrogens is 1090 g/mol. The fraction of sp³-hybridized carbons (Fsp3) is 0.200. The van der Waals surface area contributed by atoms with E-state index in [1.54, 1.807) is 0 Å². The van der Waals surface area contributed by atoms with E-state index in [1.165, 1.54) is 54.1 Å². The molecule has 8 aromatic rings. The molecule has 0 heterocycles. The topological polar surface area (TPSA) is 28.2 Å². The molecule has 0 fully saturated rings. The molecule has 0 atom stereocenters. The van der Waals surface area contributed by atoms with Gasteiger partial charge in [0.2, 0.25) is 0 Å². The summed E-state index contributed by atoms with van der Waals surface area (Å²) in [5, 5.41) is 18.7. The second kappa shape index (κ2) is 28.7. The zero-order chi connectivity index (χ0) is 49.0. The van der Waals surface area contributed by atoms with Gasteiger partial charge in [0.15, 0.2) is 0 Å². The molecule has 8 aromatic carbocycles. The third kappa shape index (κ3) is 14.6. The minimum absolute atomic E-state index is 0.421. The molecule has 0 aliphatic carbocycles. The molecule has 0 saturated heterocycles. The Morgan fingerprint density at radius 2 is 0.515 bits per heavy atom. The molecule has 0 amide bonds. The van der Waals surface area contributed by atoms with Crippen molar-refractivity contribution in [2.75, 3.05) is 0 Å². The van der Waals surface area contributed by atoms with Crippen LogP contribution in [0.25, 0.3) is 10.6 Å². The Morgan fingerprint density at radius 3 is 0.750 bits per heavy atom. The first-order valence-electron chi connectivity index (χ1n) is 23.0. The van der Waals surface area contributed by atoms with Crippen LogP contribution in [-0.2, 0) is 36.4 Å². The van der Waals surface area contributed by atoms with Crippen LogP contribution in [0, 0.1) is 0 Å². The van der Waals surface area contributed by atoms with Crippen LogP contribution < -0.4 is 31.8 Å². The Balaban J connectivity index is 0.000000237. The number of hydrogen-bond donors (Lipinski definition) is 0. The first kappa shape index (κ1) is 55.1. The predicted molar refractivity (Wildman–Crippen MR) is 297 cm³/mol. The molecule has 0 spiro atoms. The molecule has 0 bridgehead atoms. The van der Waals surface area contributed by atoms with Gasteiger partial charge in [0.05, 0.1) is 0 Å². The summed E-state index contributed by atoms with van der Waals surface area (Å²) in [5.74, 6) is 1.68. The van der Waals surface area contributed by atoms with Crippen LogP contribution in [0.5, 0.6) is 0 Å². The van der Waals surface area contributed by atoms with Gasteiger partial charge in [-0.05, 0) is 71.3 Å². The number of rotatable bonds is 14. The van der Waals surface area contributed by atoms with E-state index in [9.17, 15) is 0 Å². The molecule has 8 heteroatoms. The number of para-hydroxylation sites is 4. The summed E-state index contributed by atoms with van der Waals surface area (Å²) in [4.78, 5) is 0. The van der Waals surface area contributed by atoms with Gasteiger partial charge in [0.25, 0.3) is 0 Å². The normalized spacial score (nSPS) is 10.9. The summed E-state index contributed by atoms with van der Waals surface area (Å²) in [5.41, 5.74) is 9.68. The van der Waals surface area contributed by atoms with Crippen LogP contribution in [0.1, 0.15) is 101 Å². The molecule has 0 aliphatic heterocycles. The van der Waals surface area contributed by atoms with E-state index < -0.39 is 15.8 Å². The van der Waals surface area contributed by atoms with E-state index in [1.807, 2.05) is 0 Å². The van der Waals surface area contributed by atoms with E-state index in [2.05, 4.69) is 317 Å². The quantitative estimate of drug-likeness (QED) is 0.0767. The number of hydrogen-bond acceptors (Lipinski definition) is 0. The van der Waals surface area contributed by atoms with Gasteiger partial charge >= 0.3 is 55.4 Å². The van der Waals surface area contributed by atoms with Gasteiger partial charge in [-0.3, -0.25) is 0 Å². The molecule has 0 N–H and O–H groups in total. The van der Waals surface area contributed by atoms with Crippen LogP contribution >= 0.6 is 34.9 Å². The van der Waals surface area contributed by atoms with E-state index in [0.717, 1.165) is 22.7 Å². The Hall–Kier alpha value is -3.88. The van der Waals surface area contributed by atoms with Gasteiger partial charge < -0.3 is 10.6 Å². The first-order chi connectivity index (χ1) is 33.1. The third-order valence-corrected chi connectivity index (χ3v) is 16.4. The van der Waals surface area contributed by atoms with Crippen molar-refractivity contribution in [1.29, 1.82) is 0 Å². The van der Waals surface area contributed by atoms with Crippen molar-refractivity contribution in [3.8, 4) is 0 Å². The number of benzene rings is 8. The van der Waals surface area contributed by atoms with E-state index >= 15 is 0 Å². The maximum atomic E-state index is 5.37. The molecule has 8 rings (SSSR count). The fourth-order valence-corrected chi connectivity index (χ4v) is 12.9. The van der Waals surface area contributed by atoms with Gasteiger partial charge in [0, 0.05) is 0 Å². The average molecular weight is 1160 g/mol. The van der Waals surface area contributed by atoms with Crippen molar-refractivity contribution in [3.63, 3.8) is 0 Å². The summed E-state index contributed by atoms with van der Waals surface area (Å²) in [6.45, 7) is 18.0. The van der Waals surface area contributed by atoms with Crippen molar-refractivity contribution in [1.82, 2.24) is 0 Å². The molecule has 0 saturated carbocycles. The fourth-order valence-electron chi connectivity index (χ4n) is 8.18. The summed E-state index contributed by atoms with van der Waals surface area (Å²) in [6, 6.07) is 74.1. The van der Waals surface area contributed by atoms with Crippen molar-refractivity contribution >= 4 is 89.5 Å². The Kier molecular flexibility index (Phi) is 23.2. The predicted octanol–water partition coefficient (Wildman–Crippen LogP) is 17.4. The minimum atomic E-state index is -0.707. The summed E-state index contributed by atoms with van der Waals surface area (Å²) < 4.78 is 0. The van der Waals surface area contributed by atoms with Gasteiger partial charge in [-0.1, -0.05) is 284 Å². The summed E-state index contributed by atoms with van der Waals surface area (Å²) in [7, 11) is 7.56. The number of halogens is 2. The Bertz CT molecular complexity index is 2380. The molecular formula is C60H62Cl2N2P2Pd2. The van der Waals surface area contributed by atoms with Crippen molar-refractivity contribution in [2.45, 2.75) is 79.1 Å². The zero-order valence-corrected chi connectivity index (χ0v) is 46.5. The molecule has 0 unspecified atom stereocenters. The molecule has 2 nitrogen and oxygen atoms in total. The second-order valence-electron chi connectivity index (χ2n) is 17.4. The van der Waals surface area contributed by atoms with E-state index in [0.29, 0.717) is 23.7 Å². The van der Waals surface area contributed by atoms with Crippen molar-refractivity contribution in [3.05, 3.63) is 239 Å². The Morgan fingerprint density at radius 1 is 0.294 bits per heavy atom. The summed E-state index contributed by atoms with van der Waals surface area (Å²) >= 11 is 4.44. The van der Waals surface area contributed by atoms with Crippen LogP contribution in [0.15, 0.2) is 206 Å². The van der Waals surface area contributed by atoms with Gasteiger partial charge in [-0.25, -0.2) is 0 Å². The second-order valence-corrected chi connectivity index (χ2v) is 21.8. The van der Waals surface area contributed by atoms with Gasteiger partial charge in [-0.15, -0.1) is 22.7 Å². The maximum absolute atomic E-state index is 5.37. The first-order valence-corrected chi connectivity index (χ1v) is 29.7. The van der Waals surface area contributed by atoms with E-state index in [4.69, 9.17) is 10.6 Å². The van der Waals surface area contributed by atoms with E-state index in [-0.39, 0.29) is 0 Å². The van der Waals surface area contributed by atoms with Gasteiger partial charge in [0.1, 0.15) is 0 Å². The summed E-state index contributed by atoms with van der Waals surface area (Å²) in [6.07, 6.45) is 0. The standard InChI is InChI=1S/2C30H31NP.2ClH.2Pd/c2*1-22(2)26-18-13-19-27(23(3)4)30(26)31-28-20-11-12-21-29(28)32(24-14-7-5-8-15-24)25-16-9-6-10-17-25;;;;/h2*5-23H,1-4H3;2*1H;;/q2*-1;;;2*+2/p-2. The monoisotopic (exact) mass is 1150 g/mol. The Labute approximate surface area is 440 Å². The molecule has 0 aliphatic rings. The number of nitrogens with zero attached hydrogens (tertiary/aromatic N) is 2. The van der Waals surface area contributed by atoms with Crippen molar-refractivity contribution < 1.29 is 36.4 Å². The molecule has 68 heavy (non-hydrogen) atoms. The zero-order valence-electron chi connectivity index (χ0n) is 40.1. The SMILES string of the molecule is CC(C)c1cccc(C(C)C)c1[N-]c1ccccc1P(c1ccccc1)c1ccccc1.CC(C)c1cccc(C(C)C)c1[N-]c1ccccc1P(c1ccccc1)c1ccccc1.[Cl][Pd+].[Cl][Pd+].